The fraction of sp³-hybridized carbons (Fsp3) is 0.250. The van der Waals surface area contributed by atoms with Crippen molar-refractivity contribution < 1.29 is 9.59 Å². The fourth-order valence-electron chi connectivity index (χ4n) is 2.18. The van der Waals surface area contributed by atoms with Gasteiger partial charge in [0.25, 0.3) is 11.8 Å². The van der Waals surface area contributed by atoms with Gasteiger partial charge in [0.15, 0.2) is 0 Å². The third-order valence-electron chi connectivity index (χ3n) is 3.29. The van der Waals surface area contributed by atoms with Gasteiger partial charge in [0, 0.05) is 30.3 Å². The Morgan fingerprint density at radius 1 is 1.25 bits per heavy atom. The molecular weight excluding hydrogens is 396 g/mol. The monoisotopic (exact) mass is 414 g/mol. The van der Waals surface area contributed by atoms with Gasteiger partial charge in [-0.1, -0.05) is 12.1 Å². The molecule has 130 valence electrons. The van der Waals surface area contributed by atoms with Crippen LogP contribution in [0, 0.1) is 0 Å². The molecule has 0 aliphatic carbocycles. The van der Waals surface area contributed by atoms with Gasteiger partial charge in [0.2, 0.25) is 0 Å². The molecule has 8 heteroatoms. The molecule has 0 spiro atoms. The fourth-order valence-corrected chi connectivity index (χ4v) is 2.65. The van der Waals surface area contributed by atoms with Crippen LogP contribution in [0.1, 0.15) is 27.8 Å². The van der Waals surface area contributed by atoms with Crippen molar-refractivity contribution in [1.82, 2.24) is 9.88 Å². The average molecular weight is 416 g/mol. The summed E-state index contributed by atoms with van der Waals surface area (Å²) in [5, 5.41) is 5.50. The van der Waals surface area contributed by atoms with E-state index in [4.69, 9.17) is 5.73 Å². The van der Waals surface area contributed by atoms with E-state index in [-0.39, 0.29) is 24.2 Å². The molecule has 0 atom stereocenters. The second-order valence-electron chi connectivity index (χ2n) is 4.87. The molecule has 0 saturated heterocycles. The largest absolute Gasteiger partial charge is 0.351 e. The minimum Gasteiger partial charge on any atom is -0.351 e. The van der Waals surface area contributed by atoms with Gasteiger partial charge in [-0.2, -0.15) is 0 Å². The van der Waals surface area contributed by atoms with E-state index in [0.717, 1.165) is 4.47 Å². The summed E-state index contributed by atoms with van der Waals surface area (Å²) >= 11 is 3.37. The van der Waals surface area contributed by atoms with E-state index in [1.807, 2.05) is 17.7 Å². The number of carbonyl (C=O) groups is 2. The number of rotatable bonds is 6. The molecule has 1 heterocycles. The Morgan fingerprint density at radius 2 is 1.96 bits per heavy atom. The number of hydrogen-bond acceptors (Lipinski definition) is 3. The number of nitrogens with zero attached hydrogens (tertiary/aromatic N) is 1. The van der Waals surface area contributed by atoms with Gasteiger partial charge < -0.3 is 20.9 Å². The van der Waals surface area contributed by atoms with Crippen LogP contribution >= 0.6 is 28.3 Å². The van der Waals surface area contributed by atoms with Crippen molar-refractivity contribution in [3.63, 3.8) is 0 Å². The molecule has 0 fully saturated rings. The molecular formula is C16H20BrClN4O2. The summed E-state index contributed by atoms with van der Waals surface area (Å²) in [7, 11) is 0. The first-order chi connectivity index (χ1) is 11.1. The van der Waals surface area contributed by atoms with E-state index in [0.29, 0.717) is 36.6 Å². The van der Waals surface area contributed by atoms with Crippen LogP contribution in [-0.4, -0.2) is 29.5 Å². The van der Waals surface area contributed by atoms with Gasteiger partial charge in [-0.05, 0) is 41.1 Å². The number of carbonyl (C=O) groups excluding carboxylic acids is 2. The molecule has 6 nitrogen and oxygen atoms in total. The zero-order valence-corrected chi connectivity index (χ0v) is 15.6. The average Bonchev–Trinajstić information content (AvgIpc) is 2.94. The maximum Gasteiger partial charge on any atom is 0.272 e. The number of aromatic nitrogens is 1. The standard InChI is InChI=1S/C16H19BrN4O2.ClH/c1-2-21-10-11(17)9-14(21)16(23)20-13-6-4-3-5-12(13)15(22)19-8-7-18;/h3-6,9-10H,2,7-8,18H2,1H3,(H,19,22)(H,20,23);1H. The van der Waals surface area contributed by atoms with Crippen molar-refractivity contribution in [2.75, 3.05) is 18.4 Å². The molecule has 0 aliphatic heterocycles. The third-order valence-corrected chi connectivity index (χ3v) is 3.72. The van der Waals surface area contributed by atoms with E-state index in [2.05, 4.69) is 26.6 Å². The highest BCUT2D eigenvalue weighted by Crippen LogP contribution is 2.19. The molecule has 2 rings (SSSR count). The Hall–Kier alpha value is -1.83. The summed E-state index contributed by atoms with van der Waals surface area (Å²) in [6.07, 6.45) is 1.84. The second-order valence-corrected chi connectivity index (χ2v) is 5.79. The first-order valence-corrected chi connectivity index (χ1v) is 8.10. The molecule has 4 N–H and O–H groups in total. The SMILES string of the molecule is CCn1cc(Br)cc1C(=O)Nc1ccccc1C(=O)NCCN.Cl. The summed E-state index contributed by atoms with van der Waals surface area (Å²) in [6.45, 7) is 3.37. The molecule has 24 heavy (non-hydrogen) atoms. The summed E-state index contributed by atoms with van der Waals surface area (Å²) in [5.74, 6) is -0.532. The predicted molar refractivity (Wildman–Crippen MR) is 101 cm³/mol. The highest BCUT2D eigenvalue weighted by atomic mass is 79.9. The number of nitrogens with one attached hydrogen (secondary N) is 2. The van der Waals surface area contributed by atoms with Crippen molar-refractivity contribution in [3.05, 3.63) is 52.3 Å². The Balaban J connectivity index is 0.00000288. The third kappa shape index (κ3) is 4.83. The number of halogens is 2. The lowest BCUT2D eigenvalue weighted by Gasteiger charge is -2.12. The molecule has 1 aromatic heterocycles. The van der Waals surface area contributed by atoms with Gasteiger partial charge in [0.05, 0.1) is 11.3 Å². The minimum absolute atomic E-state index is 0. The van der Waals surface area contributed by atoms with Crippen molar-refractivity contribution in [2.24, 2.45) is 5.73 Å². The molecule has 0 aliphatic rings. The summed E-state index contributed by atoms with van der Waals surface area (Å²) < 4.78 is 2.66. The second kappa shape index (κ2) is 9.46. The van der Waals surface area contributed by atoms with Crippen molar-refractivity contribution in [3.8, 4) is 0 Å². The highest BCUT2D eigenvalue weighted by Gasteiger charge is 2.16. The van der Waals surface area contributed by atoms with Gasteiger partial charge >= 0.3 is 0 Å². The maximum absolute atomic E-state index is 12.5. The lowest BCUT2D eigenvalue weighted by molar-refractivity contribution is 0.0955. The topological polar surface area (TPSA) is 89.2 Å². The molecule has 1 aromatic carbocycles. The van der Waals surface area contributed by atoms with E-state index >= 15 is 0 Å². The number of amides is 2. The van der Waals surface area contributed by atoms with E-state index in [1.54, 1.807) is 30.3 Å². The zero-order valence-electron chi connectivity index (χ0n) is 13.2. The van der Waals surface area contributed by atoms with Crippen molar-refractivity contribution >= 4 is 45.8 Å². The molecule has 2 aromatic rings. The number of nitrogens with two attached hydrogens (primary N) is 1. The Labute approximate surface area is 155 Å². The maximum atomic E-state index is 12.5. The Bertz CT molecular complexity index is 718. The van der Waals surface area contributed by atoms with Gasteiger partial charge in [-0.15, -0.1) is 12.4 Å². The summed E-state index contributed by atoms with van der Waals surface area (Å²) in [5.41, 5.74) is 6.79. The molecule has 0 bridgehead atoms. The van der Waals surface area contributed by atoms with E-state index in [9.17, 15) is 9.59 Å². The molecule has 2 amide bonds. The number of aryl methyl sites for hydroxylation is 1. The van der Waals surface area contributed by atoms with Gasteiger partial charge in [-0.25, -0.2) is 0 Å². The van der Waals surface area contributed by atoms with Gasteiger partial charge in [-0.3, -0.25) is 9.59 Å². The van der Waals surface area contributed by atoms with Crippen LogP contribution in [0.2, 0.25) is 0 Å². The smallest absolute Gasteiger partial charge is 0.272 e. The van der Waals surface area contributed by atoms with Crippen LogP contribution in [0.25, 0.3) is 0 Å². The predicted octanol–water partition coefficient (Wildman–Crippen LogP) is 2.63. The Morgan fingerprint density at radius 3 is 2.62 bits per heavy atom. The minimum atomic E-state index is -0.267. The van der Waals surface area contributed by atoms with Crippen molar-refractivity contribution in [1.29, 1.82) is 0 Å². The molecule has 0 radical (unpaired) electrons. The first kappa shape index (κ1) is 20.2. The van der Waals surface area contributed by atoms with Crippen LogP contribution < -0.4 is 16.4 Å². The Kier molecular flexibility index (Phi) is 7.97. The number of para-hydroxylation sites is 1. The van der Waals surface area contributed by atoms with Crippen LogP contribution in [0.4, 0.5) is 5.69 Å². The first-order valence-electron chi connectivity index (χ1n) is 7.31. The van der Waals surface area contributed by atoms with Crippen LogP contribution in [0.3, 0.4) is 0 Å². The molecule has 0 saturated carbocycles. The highest BCUT2D eigenvalue weighted by molar-refractivity contribution is 9.10. The summed E-state index contributed by atoms with van der Waals surface area (Å²) in [6, 6.07) is 8.62. The lowest BCUT2D eigenvalue weighted by atomic mass is 10.1. The molecule has 0 unspecified atom stereocenters. The van der Waals surface area contributed by atoms with Crippen LogP contribution in [0.5, 0.6) is 0 Å². The van der Waals surface area contributed by atoms with Crippen LogP contribution in [0.15, 0.2) is 41.0 Å². The normalized spacial score (nSPS) is 9.96. The van der Waals surface area contributed by atoms with Crippen LogP contribution in [-0.2, 0) is 6.54 Å². The number of benzene rings is 1. The number of anilines is 1. The van der Waals surface area contributed by atoms with E-state index < -0.39 is 0 Å². The van der Waals surface area contributed by atoms with Crippen molar-refractivity contribution in [2.45, 2.75) is 13.5 Å². The zero-order chi connectivity index (χ0) is 16.8. The lowest BCUT2D eigenvalue weighted by Crippen LogP contribution is -2.30. The number of hydrogen-bond donors (Lipinski definition) is 3. The van der Waals surface area contributed by atoms with E-state index in [1.165, 1.54) is 0 Å². The van der Waals surface area contributed by atoms with Gasteiger partial charge in [0.1, 0.15) is 5.69 Å². The summed E-state index contributed by atoms with van der Waals surface area (Å²) in [4.78, 5) is 24.6. The quantitative estimate of drug-likeness (QED) is 0.677.